The summed E-state index contributed by atoms with van der Waals surface area (Å²) in [6.07, 6.45) is 1.89. The van der Waals surface area contributed by atoms with Gasteiger partial charge in [0.15, 0.2) is 5.82 Å². The molecule has 8 nitrogen and oxygen atoms in total. The van der Waals surface area contributed by atoms with E-state index < -0.39 is 0 Å². The van der Waals surface area contributed by atoms with Gasteiger partial charge in [-0.1, -0.05) is 36.4 Å². The van der Waals surface area contributed by atoms with Gasteiger partial charge in [-0.3, -0.25) is 14.5 Å². The number of para-hydroxylation sites is 2. The number of likely N-dealkylation sites (N-methyl/N-ethyl adjacent to an activating group) is 1. The number of benzene rings is 2. The summed E-state index contributed by atoms with van der Waals surface area (Å²) in [6, 6.07) is 23.4. The van der Waals surface area contributed by atoms with E-state index in [2.05, 4.69) is 38.5 Å². The summed E-state index contributed by atoms with van der Waals surface area (Å²) >= 11 is 0. The zero-order chi connectivity index (χ0) is 23.5. The lowest BCUT2D eigenvalue weighted by Crippen LogP contribution is -2.41. The summed E-state index contributed by atoms with van der Waals surface area (Å²) in [5.41, 5.74) is 2.59. The molecule has 2 aromatic carbocycles. The van der Waals surface area contributed by atoms with Crippen molar-refractivity contribution < 1.29 is 4.79 Å². The van der Waals surface area contributed by atoms with E-state index in [0.29, 0.717) is 34.5 Å². The maximum atomic E-state index is 13.8. The Morgan fingerprint density at radius 2 is 1.76 bits per heavy atom. The third-order valence-electron chi connectivity index (χ3n) is 5.85. The molecule has 1 amide bonds. The molecule has 8 heteroatoms. The van der Waals surface area contributed by atoms with E-state index in [0.717, 1.165) is 13.1 Å². The minimum absolute atomic E-state index is 0.289. The third kappa shape index (κ3) is 4.44. The Morgan fingerprint density at radius 1 is 1.00 bits per heavy atom. The number of anilines is 4. The number of amides is 1. The lowest BCUT2D eigenvalue weighted by molar-refractivity contribution is 0.0999. The van der Waals surface area contributed by atoms with Crippen molar-refractivity contribution in [3.05, 3.63) is 107 Å². The first-order chi connectivity index (χ1) is 16.6. The molecular weight excluding hydrogens is 428 g/mol. The van der Waals surface area contributed by atoms with Gasteiger partial charge in [0.1, 0.15) is 5.82 Å². The Bertz CT molecular complexity index is 1330. The molecule has 5 rings (SSSR count). The van der Waals surface area contributed by atoms with Gasteiger partial charge in [-0.25, -0.2) is 10.1 Å². The van der Waals surface area contributed by atoms with Gasteiger partial charge in [-0.05, 0) is 49.0 Å². The highest BCUT2D eigenvalue weighted by atomic mass is 16.2. The minimum atomic E-state index is -0.339. The quantitative estimate of drug-likeness (QED) is 0.461. The molecule has 1 fully saturated rings. The van der Waals surface area contributed by atoms with Crippen LogP contribution in [0.4, 0.5) is 23.0 Å². The van der Waals surface area contributed by atoms with Crippen molar-refractivity contribution in [2.24, 2.45) is 0 Å². The molecule has 4 aromatic rings. The summed E-state index contributed by atoms with van der Waals surface area (Å²) in [7, 11) is 2.11. The fourth-order valence-electron chi connectivity index (χ4n) is 4.06. The number of hydrogen-bond donors (Lipinski definition) is 2. The molecule has 0 unspecified atom stereocenters. The number of likely N-dealkylation sites (tertiary alicyclic amines) is 1. The topological polar surface area (TPSA) is 94.2 Å². The molecule has 2 N–H and O–H groups in total. The van der Waals surface area contributed by atoms with E-state index in [9.17, 15) is 9.59 Å². The number of carbonyl (C=O) groups is 1. The molecule has 1 saturated heterocycles. The first kappa shape index (κ1) is 21.5. The van der Waals surface area contributed by atoms with Gasteiger partial charge in [0.05, 0.1) is 16.9 Å². The number of pyridine rings is 1. The lowest BCUT2D eigenvalue weighted by atomic mass is 9.93. The first-order valence-corrected chi connectivity index (χ1v) is 11.0. The van der Waals surface area contributed by atoms with Gasteiger partial charge in [-0.2, -0.15) is 5.10 Å². The minimum Gasteiger partial charge on any atom is -0.340 e. The molecule has 0 atom stereocenters. The molecule has 0 bridgehead atoms. The number of nitrogens with one attached hydrogen (secondary N) is 2. The zero-order valence-electron chi connectivity index (χ0n) is 18.7. The van der Waals surface area contributed by atoms with Crippen LogP contribution >= 0.6 is 0 Å². The fourth-order valence-corrected chi connectivity index (χ4v) is 4.06. The van der Waals surface area contributed by atoms with Crippen LogP contribution in [0.25, 0.3) is 0 Å². The number of aromatic nitrogens is 3. The van der Waals surface area contributed by atoms with Crippen LogP contribution in [-0.2, 0) is 0 Å². The van der Waals surface area contributed by atoms with Crippen LogP contribution in [-0.4, -0.2) is 46.1 Å². The van der Waals surface area contributed by atoms with E-state index >= 15 is 0 Å². The van der Waals surface area contributed by atoms with E-state index in [1.807, 2.05) is 60.8 Å². The number of nitrogens with zero attached hydrogens (tertiary/aromatic N) is 4. The van der Waals surface area contributed by atoms with E-state index in [4.69, 9.17) is 0 Å². The van der Waals surface area contributed by atoms with Crippen LogP contribution in [0.1, 0.15) is 21.8 Å². The maximum absolute atomic E-state index is 13.8. The average molecular weight is 453 g/mol. The predicted octanol–water partition coefficient (Wildman–Crippen LogP) is 3.92. The summed E-state index contributed by atoms with van der Waals surface area (Å²) in [5.74, 6) is 1.20. The van der Waals surface area contributed by atoms with Crippen LogP contribution < -0.4 is 15.8 Å². The highest BCUT2D eigenvalue weighted by Crippen LogP contribution is 2.30. The first-order valence-electron chi connectivity index (χ1n) is 11.0. The zero-order valence-corrected chi connectivity index (χ0v) is 18.7. The van der Waals surface area contributed by atoms with Gasteiger partial charge in [-0.15, -0.1) is 0 Å². The Hall–Kier alpha value is -4.30. The van der Waals surface area contributed by atoms with E-state index in [-0.39, 0.29) is 11.5 Å². The van der Waals surface area contributed by atoms with E-state index in [1.165, 1.54) is 22.6 Å². The normalized spacial score (nSPS) is 13.8. The number of hydrogen-bond acceptors (Lipinski definition) is 6. The lowest BCUT2D eigenvalue weighted by Gasteiger charge is -2.36. The third-order valence-corrected chi connectivity index (χ3v) is 5.85. The molecule has 0 radical (unpaired) electrons. The van der Waals surface area contributed by atoms with Crippen LogP contribution in [0.3, 0.4) is 0 Å². The van der Waals surface area contributed by atoms with Crippen molar-refractivity contribution in [3.8, 4) is 0 Å². The summed E-state index contributed by atoms with van der Waals surface area (Å²) in [5, 5.41) is 9.79. The number of aromatic amines is 1. The standard InChI is InChI=1S/C26H24N6O2/c1-31-16-19(17-31)18-11-12-23(27-15-18)28-22-10-6-5-9-21(22)26(34)32(20-7-3-2-4-8-20)24-13-14-25(33)30-29-24/h2-15,19H,16-17H2,1H3,(H,27,28)(H,30,33). The molecule has 3 heterocycles. The fraction of sp³-hybridized carbons (Fsp3) is 0.154. The van der Waals surface area contributed by atoms with E-state index in [1.54, 1.807) is 6.07 Å². The smallest absolute Gasteiger partial charge is 0.266 e. The van der Waals surface area contributed by atoms with Crippen molar-refractivity contribution >= 4 is 28.9 Å². The van der Waals surface area contributed by atoms with Gasteiger partial charge in [0.25, 0.3) is 11.5 Å². The molecule has 0 saturated carbocycles. The Kier molecular flexibility index (Phi) is 5.88. The molecule has 0 aliphatic carbocycles. The van der Waals surface area contributed by atoms with Crippen molar-refractivity contribution in [1.29, 1.82) is 0 Å². The van der Waals surface area contributed by atoms with Crippen molar-refractivity contribution in [3.63, 3.8) is 0 Å². The molecule has 170 valence electrons. The highest BCUT2D eigenvalue weighted by Gasteiger charge is 2.25. The van der Waals surface area contributed by atoms with Gasteiger partial charge < -0.3 is 10.2 Å². The van der Waals surface area contributed by atoms with Crippen LogP contribution in [0.5, 0.6) is 0 Å². The molecular formula is C26H24N6O2. The maximum Gasteiger partial charge on any atom is 0.266 e. The number of carbonyl (C=O) groups excluding carboxylic acids is 1. The van der Waals surface area contributed by atoms with Gasteiger partial charge >= 0.3 is 0 Å². The second kappa shape index (κ2) is 9.29. The Labute approximate surface area is 196 Å². The predicted molar refractivity (Wildman–Crippen MR) is 132 cm³/mol. The molecule has 1 aliphatic heterocycles. The molecule has 1 aliphatic rings. The number of H-pyrrole nitrogens is 1. The van der Waals surface area contributed by atoms with Crippen molar-refractivity contribution in [2.45, 2.75) is 5.92 Å². The Balaban J connectivity index is 1.45. The average Bonchev–Trinajstić information content (AvgIpc) is 2.85. The summed E-state index contributed by atoms with van der Waals surface area (Å²) in [4.78, 5) is 33.6. The summed E-state index contributed by atoms with van der Waals surface area (Å²) in [6.45, 7) is 2.08. The highest BCUT2D eigenvalue weighted by molar-refractivity contribution is 6.13. The van der Waals surface area contributed by atoms with Crippen LogP contribution in [0.15, 0.2) is 89.9 Å². The largest absolute Gasteiger partial charge is 0.340 e. The second-order valence-electron chi connectivity index (χ2n) is 8.32. The summed E-state index contributed by atoms with van der Waals surface area (Å²) < 4.78 is 0. The molecule has 34 heavy (non-hydrogen) atoms. The Morgan fingerprint density at radius 3 is 2.44 bits per heavy atom. The SMILES string of the molecule is CN1CC(c2ccc(Nc3ccccc3C(=O)N(c3ccccc3)c3ccc(=O)[nH]n3)nc2)C1. The van der Waals surface area contributed by atoms with Crippen LogP contribution in [0.2, 0.25) is 0 Å². The van der Waals surface area contributed by atoms with Gasteiger partial charge in [0.2, 0.25) is 0 Å². The van der Waals surface area contributed by atoms with Crippen LogP contribution in [0, 0.1) is 0 Å². The second-order valence-corrected chi connectivity index (χ2v) is 8.32. The monoisotopic (exact) mass is 452 g/mol. The molecule has 0 spiro atoms. The van der Waals surface area contributed by atoms with Crippen molar-refractivity contribution in [2.75, 3.05) is 30.4 Å². The van der Waals surface area contributed by atoms with Crippen molar-refractivity contribution in [1.82, 2.24) is 20.1 Å². The molecule has 2 aromatic heterocycles. The number of rotatable bonds is 6. The van der Waals surface area contributed by atoms with Gasteiger partial charge in [0, 0.05) is 31.3 Å².